The minimum atomic E-state index is -0.766. The molecule has 1 saturated heterocycles. The van der Waals surface area contributed by atoms with Gasteiger partial charge in [-0.3, -0.25) is 9.59 Å². The predicted octanol–water partition coefficient (Wildman–Crippen LogP) is 1.62. The van der Waals surface area contributed by atoms with E-state index >= 15 is 0 Å². The first-order valence-corrected chi connectivity index (χ1v) is 5.73. The molecule has 1 aliphatic rings. The normalized spacial score (nSPS) is 15.4. The van der Waals surface area contributed by atoms with Gasteiger partial charge in [-0.05, 0) is 24.5 Å². The van der Waals surface area contributed by atoms with Crippen molar-refractivity contribution in [3.8, 4) is 0 Å². The lowest BCUT2D eigenvalue weighted by Gasteiger charge is -2.39. The molecule has 17 heavy (non-hydrogen) atoms. The van der Waals surface area contributed by atoms with Crippen molar-refractivity contribution < 1.29 is 14.7 Å². The minimum Gasteiger partial charge on any atom is -0.481 e. The van der Waals surface area contributed by atoms with Crippen LogP contribution in [-0.4, -0.2) is 35.0 Å². The summed E-state index contributed by atoms with van der Waals surface area (Å²) in [6.07, 6.45) is 0.853. The number of rotatable bonds is 4. The Bertz CT molecular complexity index is 410. The quantitative estimate of drug-likeness (QED) is 0.859. The highest BCUT2D eigenvalue weighted by molar-refractivity contribution is 5.94. The second kappa shape index (κ2) is 4.99. The van der Waals surface area contributed by atoms with Crippen LogP contribution in [0.3, 0.4) is 0 Å². The SMILES string of the molecule is O=C(O)CCC1CN(C(=O)c2ccccc2)C1. The third-order valence-corrected chi connectivity index (χ3v) is 3.03. The molecule has 2 rings (SSSR count). The van der Waals surface area contributed by atoms with Crippen molar-refractivity contribution in [1.82, 2.24) is 4.90 Å². The Balaban J connectivity index is 1.80. The lowest BCUT2D eigenvalue weighted by atomic mass is 9.94. The van der Waals surface area contributed by atoms with E-state index in [1.807, 2.05) is 18.2 Å². The zero-order chi connectivity index (χ0) is 12.3. The van der Waals surface area contributed by atoms with E-state index in [1.165, 1.54) is 0 Å². The number of carbonyl (C=O) groups is 2. The second-order valence-electron chi connectivity index (χ2n) is 4.37. The van der Waals surface area contributed by atoms with Crippen LogP contribution in [0.1, 0.15) is 23.2 Å². The van der Waals surface area contributed by atoms with Crippen LogP contribution in [0.4, 0.5) is 0 Å². The average Bonchev–Trinajstić information content (AvgIpc) is 2.27. The molecule has 1 amide bonds. The first kappa shape index (κ1) is 11.6. The maximum absolute atomic E-state index is 11.9. The lowest BCUT2D eigenvalue weighted by Crippen LogP contribution is -2.50. The molecular weight excluding hydrogens is 218 g/mol. The van der Waals surface area contributed by atoms with Gasteiger partial charge < -0.3 is 10.0 Å². The third-order valence-electron chi connectivity index (χ3n) is 3.03. The number of likely N-dealkylation sites (tertiary alicyclic amines) is 1. The van der Waals surface area contributed by atoms with Gasteiger partial charge in [0.2, 0.25) is 0 Å². The number of nitrogens with zero attached hydrogens (tertiary/aromatic N) is 1. The Morgan fingerprint density at radius 2 is 1.88 bits per heavy atom. The van der Waals surface area contributed by atoms with Gasteiger partial charge in [0.25, 0.3) is 5.91 Å². The molecule has 0 saturated carbocycles. The summed E-state index contributed by atoms with van der Waals surface area (Å²) in [7, 11) is 0. The number of hydrogen-bond acceptors (Lipinski definition) is 2. The van der Waals surface area contributed by atoms with Gasteiger partial charge >= 0.3 is 5.97 Å². The van der Waals surface area contributed by atoms with Gasteiger partial charge in [0.15, 0.2) is 0 Å². The van der Waals surface area contributed by atoms with Crippen LogP contribution >= 0.6 is 0 Å². The van der Waals surface area contributed by atoms with Gasteiger partial charge in [0.1, 0.15) is 0 Å². The fraction of sp³-hybridized carbons (Fsp3) is 0.385. The van der Waals surface area contributed by atoms with Gasteiger partial charge in [0, 0.05) is 25.1 Å². The third kappa shape index (κ3) is 2.84. The summed E-state index contributed by atoms with van der Waals surface area (Å²) in [6.45, 7) is 1.36. The van der Waals surface area contributed by atoms with Crippen molar-refractivity contribution >= 4 is 11.9 Å². The number of carbonyl (C=O) groups excluding carboxylic acids is 1. The van der Waals surface area contributed by atoms with E-state index in [0.717, 1.165) is 0 Å². The van der Waals surface area contributed by atoms with Crippen LogP contribution in [0.15, 0.2) is 30.3 Å². The number of benzene rings is 1. The molecule has 1 heterocycles. The molecule has 0 radical (unpaired) electrons. The smallest absolute Gasteiger partial charge is 0.303 e. The molecule has 4 nitrogen and oxygen atoms in total. The average molecular weight is 233 g/mol. The molecule has 1 aliphatic heterocycles. The number of aliphatic carboxylic acids is 1. The van der Waals surface area contributed by atoms with Crippen molar-refractivity contribution in [1.29, 1.82) is 0 Å². The summed E-state index contributed by atoms with van der Waals surface area (Å²) >= 11 is 0. The van der Waals surface area contributed by atoms with E-state index in [0.29, 0.717) is 31.0 Å². The summed E-state index contributed by atoms with van der Waals surface area (Å²) in [4.78, 5) is 24.1. The second-order valence-corrected chi connectivity index (χ2v) is 4.37. The van der Waals surface area contributed by atoms with E-state index in [-0.39, 0.29) is 12.3 Å². The predicted molar refractivity (Wildman–Crippen MR) is 62.7 cm³/mol. The summed E-state index contributed by atoms with van der Waals surface area (Å²) < 4.78 is 0. The molecule has 0 aromatic heterocycles. The lowest BCUT2D eigenvalue weighted by molar-refractivity contribution is -0.137. The highest BCUT2D eigenvalue weighted by Crippen LogP contribution is 2.22. The summed E-state index contributed by atoms with van der Waals surface area (Å²) in [5.41, 5.74) is 0.698. The monoisotopic (exact) mass is 233 g/mol. The molecule has 0 atom stereocenters. The van der Waals surface area contributed by atoms with E-state index in [4.69, 9.17) is 5.11 Å². The Hall–Kier alpha value is -1.84. The maximum atomic E-state index is 11.9. The molecule has 0 unspecified atom stereocenters. The summed E-state index contributed by atoms with van der Waals surface area (Å²) in [5.74, 6) is -0.381. The van der Waals surface area contributed by atoms with Crippen LogP contribution in [0.2, 0.25) is 0 Å². The Kier molecular flexibility index (Phi) is 3.42. The first-order valence-electron chi connectivity index (χ1n) is 5.73. The van der Waals surface area contributed by atoms with Gasteiger partial charge in [0.05, 0.1) is 0 Å². The number of carboxylic acids is 1. The zero-order valence-corrected chi connectivity index (χ0v) is 9.50. The molecule has 1 fully saturated rings. The van der Waals surface area contributed by atoms with Gasteiger partial charge in [-0.1, -0.05) is 18.2 Å². The topological polar surface area (TPSA) is 57.6 Å². The Morgan fingerprint density at radius 3 is 2.47 bits per heavy atom. The van der Waals surface area contributed by atoms with Crippen molar-refractivity contribution in [2.45, 2.75) is 12.8 Å². The molecular formula is C13H15NO3. The van der Waals surface area contributed by atoms with Gasteiger partial charge in [-0.2, -0.15) is 0 Å². The largest absolute Gasteiger partial charge is 0.481 e. The molecule has 0 bridgehead atoms. The van der Waals surface area contributed by atoms with E-state index in [9.17, 15) is 9.59 Å². The summed E-state index contributed by atoms with van der Waals surface area (Å²) in [6, 6.07) is 9.16. The molecule has 1 N–H and O–H groups in total. The van der Waals surface area contributed by atoms with E-state index in [1.54, 1.807) is 17.0 Å². The van der Waals surface area contributed by atoms with Crippen LogP contribution in [-0.2, 0) is 4.79 Å². The van der Waals surface area contributed by atoms with Crippen LogP contribution in [0, 0.1) is 5.92 Å². The van der Waals surface area contributed by atoms with E-state index < -0.39 is 5.97 Å². The van der Waals surface area contributed by atoms with Crippen molar-refractivity contribution in [2.75, 3.05) is 13.1 Å². The fourth-order valence-electron chi connectivity index (χ4n) is 2.01. The molecule has 90 valence electrons. The van der Waals surface area contributed by atoms with Crippen molar-refractivity contribution in [2.24, 2.45) is 5.92 Å². The molecule has 1 aromatic rings. The minimum absolute atomic E-state index is 0.0391. The highest BCUT2D eigenvalue weighted by atomic mass is 16.4. The van der Waals surface area contributed by atoms with Crippen LogP contribution in [0.5, 0.6) is 0 Å². The first-order chi connectivity index (χ1) is 8.16. The van der Waals surface area contributed by atoms with Gasteiger partial charge in [-0.25, -0.2) is 0 Å². The van der Waals surface area contributed by atoms with Crippen molar-refractivity contribution in [3.63, 3.8) is 0 Å². The zero-order valence-electron chi connectivity index (χ0n) is 9.50. The van der Waals surface area contributed by atoms with Crippen LogP contribution in [0.25, 0.3) is 0 Å². The molecule has 4 heteroatoms. The molecule has 0 aliphatic carbocycles. The summed E-state index contributed by atoms with van der Waals surface area (Å²) in [5, 5.41) is 8.55. The molecule has 1 aromatic carbocycles. The number of carboxylic acid groups (broad SMARTS) is 1. The standard InChI is InChI=1S/C13H15NO3/c15-12(16)7-6-10-8-14(9-10)13(17)11-4-2-1-3-5-11/h1-5,10H,6-9H2,(H,15,16). The Morgan fingerprint density at radius 1 is 1.24 bits per heavy atom. The number of hydrogen-bond donors (Lipinski definition) is 1. The van der Waals surface area contributed by atoms with Crippen LogP contribution < -0.4 is 0 Å². The van der Waals surface area contributed by atoms with Crippen molar-refractivity contribution in [3.05, 3.63) is 35.9 Å². The van der Waals surface area contributed by atoms with E-state index in [2.05, 4.69) is 0 Å². The Labute approximate surface area is 99.9 Å². The highest BCUT2D eigenvalue weighted by Gasteiger charge is 2.30. The maximum Gasteiger partial charge on any atom is 0.303 e. The molecule has 0 spiro atoms. The van der Waals surface area contributed by atoms with Gasteiger partial charge in [-0.15, -0.1) is 0 Å². The fourth-order valence-corrected chi connectivity index (χ4v) is 2.01. The number of amides is 1.